The molecule has 4 rings (SSSR count). The van der Waals surface area contributed by atoms with E-state index in [0.29, 0.717) is 30.9 Å². The maximum Gasteiger partial charge on any atom is 0.305 e. The maximum absolute atomic E-state index is 14.3. The Balaban J connectivity index is 1.55. The van der Waals surface area contributed by atoms with Crippen molar-refractivity contribution in [3.63, 3.8) is 0 Å². The fourth-order valence-electron chi connectivity index (χ4n) is 3.23. The summed E-state index contributed by atoms with van der Waals surface area (Å²) in [6.07, 6.45) is 2.08. The average molecular weight is 454 g/mol. The van der Waals surface area contributed by atoms with Crippen LogP contribution in [0.3, 0.4) is 0 Å². The summed E-state index contributed by atoms with van der Waals surface area (Å²) in [6.45, 7) is 2.45. The lowest BCUT2D eigenvalue weighted by molar-refractivity contribution is -0.143. The number of ether oxygens (including phenoxy) is 2. The minimum atomic E-state index is -0.826. The minimum Gasteiger partial charge on any atom is -0.494 e. The normalized spacial score (nSPS) is 11.0. The molecule has 0 atom stereocenters. The number of hydrogen-bond acceptors (Lipinski definition) is 6. The number of aromatic amines is 1. The van der Waals surface area contributed by atoms with Crippen LogP contribution in [-0.2, 0) is 9.53 Å². The third-order valence-electron chi connectivity index (χ3n) is 4.80. The number of halogens is 2. The second-order valence-electron chi connectivity index (χ2n) is 7.09. The Morgan fingerprint density at radius 3 is 2.67 bits per heavy atom. The third kappa shape index (κ3) is 4.89. The zero-order valence-electron chi connectivity index (χ0n) is 17.7. The minimum absolute atomic E-state index is 0.0259. The van der Waals surface area contributed by atoms with Gasteiger partial charge in [-0.15, -0.1) is 0 Å². The highest BCUT2D eigenvalue weighted by atomic mass is 19.1. The number of H-pyrrole nitrogens is 1. The molecule has 0 aliphatic heterocycles. The summed E-state index contributed by atoms with van der Waals surface area (Å²) in [7, 11) is 0. The van der Waals surface area contributed by atoms with Gasteiger partial charge in [-0.2, -0.15) is 5.10 Å². The lowest BCUT2D eigenvalue weighted by atomic mass is 10.2. The Hall–Kier alpha value is -4.08. The molecule has 8 nitrogen and oxygen atoms in total. The Bertz CT molecular complexity index is 1350. The highest BCUT2D eigenvalue weighted by Gasteiger charge is 2.15. The fourth-order valence-corrected chi connectivity index (χ4v) is 3.23. The van der Waals surface area contributed by atoms with Crippen LogP contribution in [-0.4, -0.2) is 38.9 Å². The molecule has 0 aliphatic rings. The van der Waals surface area contributed by atoms with Crippen molar-refractivity contribution in [3.05, 3.63) is 70.6 Å². The van der Waals surface area contributed by atoms with Gasteiger partial charge in [0.2, 0.25) is 0 Å². The highest BCUT2D eigenvalue weighted by molar-refractivity contribution is 5.77. The molecule has 0 bridgehead atoms. The summed E-state index contributed by atoms with van der Waals surface area (Å²) in [4.78, 5) is 31.0. The first-order chi connectivity index (χ1) is 16.0. The second-order valence-corrected chi connectivity index (χ2v) is 7.09. The lowest BCUT2D eigenvalue weighted by Crippen LogP contribution is -2.10. The van der Waals surface area contributed by atoms with E-state index < -0.39 is 17.2 Å². The molecule has 0 unspecified atom stereocenters. The van der Waals surface area contributed by atoms with Crippen LogP contribution in [0.25, 0.3) is 28.1 Å². The second kappa shape index (κ2) is 9.60. The van der Waals surface area contributed by atoms with Crippen molar-refractivity contribution in [3.8, 4) is 22.8 Å². The molecule has 33 heavy (non-hydrogen) atoms. The van der Waals surface area contributed by atoms with Crippen LogP contribution in [0.1, 0.15) is 19.8 Å². The van der Waals surface area contributed by atoms with Crippen LogP contribution in [0.4, 0.5) is 8.78 Å². The summed E-state index contributed by atoms with van der Waals surface area (Å²) in [5, 5.41) is 4.22. The molecule has 0 saturated carbocycles. The smallest absolute Gasteiger partial charge is 0.305 e. The maximum atomic E-state index is 14.3. The molecule has 170 valence electrons. The van der Waals surface area contributed by atoms with Gasteiger partial charge in [-0.3, -0.25) is 9.59 Å². The number of nitrogens with one attached hydrogen (secondary N) is 1. The van der Waals surface area contributed by atoms with E-state index in [1.54, 1.807) is 31.2 Å². The first-order valence-corrected chi connectivity index (χ1v) is 10.3. The number of carbonyl (C=O) groups excluding carboxylic acids is 1. The molecule has 0 aliphatic carbocycles. The predicted octanol–water partition coefficient (Wildman–Crippen LogP) is 3.78. The average Bonchev–Trinajstić information content (AvgIpc) is 3.22. The molecule has 0 saturated heterocycles. The monoisotopic (exact) mass is 454 g/mol. The van der Waals surface area contributed by atoms with Gasteiger partial charge in [-0.25, -0.2) is 18.4 Å². The number of aromatic nitrogens is 4. The fraction of sp³-hybridized carbons (Fsp3) is 0.217. The van der Waals surface area contributed by atoms with E-state index in [0.717, 1.165) is 16.8 Å². The predicted molar refractivity (Wildman–Crippen MR) is 116 cm³/mol. The first kappa shape index (κ1) is 22.1. The molecule has 1 N–H and O–H groups in total. The molecule has 0 fully saturated rings. The van der Waals surface area contributed by atoms with Crippen LogP contribution in [0.15, 0.2) is 53.5 Å². The zero-order valence-corrected chi connectivity index (χ0v) is 17.7. The van der Waals surface area contributed by atoms with Crippen LogP contribution < -0.4 is 10.3 Å². The standard InChI is InChI=1S/C23H20F2N4O4/c1-2-32-20(30)4-3-11-33-16-8-5-14(6-9-16)21-27-22-17(23(31)28-21)13-26-29(22)19-10-7-15(24)12-18(19)25/h5-10,12-13H,2-4,11H2,1H3,(H,27,28,31). The van der Waals surface area contributed by atoms with E-state index in [-0.39, 0.29) is 34.9 Å². The number of rotatable bonds is 8. The Morgan fingerprint density at radius 2 is 1.94 bits per heavy atom. The summed E-state index contributed by atoms with van der Waals surface area (Å²) < 4.78 is 39.2. The lowest BCUT2D eigenvalue weighted by Gasteiger charge is -2.08. The number of carbonyl (C=O) groups is 1. The molecule has 4 aromatic rings. The Labute approximate surface area is 186 Å². The van der Waals surface area contributed by atoms with Gasteiger partial charge in [0.25, 0.3) is 5.56 Å². The molecule has 0 amide bonds. The van der Waals surface area contributed by atoms with Crippen LogP contribution in [0, 0.1) is 11.6 Å². The van der Waals surface area contributed by atoms with Crippen molar-refractivity contribution in [1.29, 1.82) is 0 Å². The molecule has 10 heteroatoms. The summed E-state index contributed by atoms with van der Waals surface area (Å²) in [5.41, 5.74) is 0.267. The van der Waals surface area contributed by atoms with Gasteiger partial charge >= 0.3 is 5.97 Å². The Morgan fingerprint density at radius 1 is 1.15 bits per heavy atom. The van der Waals surface area contributed by atoms with Gasteiger partial charge in [0, 0.05) is 18.1 Å². The summed E-state index contributed by atoms with van der Waals surface area (Å²) >= 11 is 0. The van der Waals surface area contributed by atoms with Crippen molar-refractivity contribution in [1.82, 2.24) is 19.7 Å². The van der Waals surface area contributed by atoms with Crippen LogP contribution in [0.5, 0.6) is 5.75 Å². The van der Waals surface area contributed by atoms with E-state index in [4.69, 9.17) is 9.47 Å². The largest absolute Gasteiger partial charge is 0.494 e. The number of esters is 1. The molecule has 0 radical (unpaired) electrons. The van der Waals surface area contributed by atoms with Crippen LogP contribution in [0.2, 0.25) is 0 Å². The number of fused-ring (bicyclic) bond motifs is 1. The molecule has 2 aromatic carbocycles. The molecule has 2 aromatic heterocycles. The van der Waals surface area contributed by atoms with Gasteiger partial charge in [0.05, 0.1) is 19.4 Å². The third-order valence-corrected chi connectivity index (χ3v) is 4.80. The zero-order chi connectivity index (χ0) is 23.4. The summed E-state index contributed by atoms with van der Waals surface area (Å²) in [5.74, 6) is -0.966. The van der Waals surface area contributed by atoms with E-state index >= 15 is 0 Å². The number of nitrogens with zero attached hydrogens (tertiary/aromatic N) is 3. The van der Waals surface area contributed by atoms with E-state index in [2.05, 4.69) is 15.1 Å². The van der Waals surface area contributed by atoms with Gasteiger partial charge in [0.15, 0.2) is 11.5 Å². The van der Waals surface area contributed by atoms with Gasteiger partial charge < -0.3 is 14.5 Å². The van der Waals surface area contributed by atoms with Crippen LogP contribution >= 0.6 is 0 Å². The van der Waals surface area contributed by atoms with Crippen molar-refractivity contribution in [2.24, 2.45) is 0 Å². The molecular formula is C23H20F2N4O4. The van der Waals surface area contributed by atoms with Gasteiger partial charge in [0.1, 0.15) is 28.5 Å². The van der Waals surface area contributed by atoms with E-state index in [1.807, 2.05) is 0 Å². The molecule has 2 heterocycles. The molecule has 0 spiro atoms. The SMILES string of the molecule is CCOC(=O)CCCOc1ccc(-c2nc3c(cnn3-c3ccc(F)cc3F)c(=O)[nH]2)cc1. The van der Waals surface area contributed by atoms with E-state index in [1.165, 1.54) is 12.3 Å². The van der Waals surface area contributed by atoms with Crippen molar-refractivity contribution in [2.45, 2.75) is 19.8 Å². The van der Waals surface area contributed by atoms with E-state index in [9.17, 15) is 18.4 Å². The van der Waals surface area contributed by atoms with Crippen molar-refractivity contribution < 1.29 is 23.0 Å². The number of hydrogen-bond donors (Lipinski definition) is 1. The highest BCUT2D eigenvalue weighted by Crippen LogP contribution is 2.22. The first-order valence-electron chi connectivity index (χ1n) is 10.3. The number of benzene rings is 2. The van der Waals surface area contributed by atoms with Gasteiger partial charge in [-0.1, -0.05) is 0 Å². The van der Waals surface area contributed by atoms with Gasteiger partial charge in [-0.05, 0) is 49.7 Å². The van der Waals surface area contributed by atoms with Crippen molar-refractivity contribution in [2.75, 3.05) is 13.2 Å². The molecular weight excluding hydrogens is 434 g/mol. The topological polar surface area (TPSA) is 99.1 Å². The summed E-state index contributed by atoms with van der Waals surface area (Å²) in [6, 6.07) is 9.91. The quantitative estimate of drug-likeness (QED) is 0.321. The van der Waals surface area contributed by atoms with Crippen molar-refractivity contribution >= 4 is 17.0 Å². The Kier molecular flexibility index (Phi) is 6.43.